The maximum atomic E-state index is 11.9. The fourth-order valence-corrected chi connectivity index (χ4v) is 2.76. The van der Waals surface area contributed by atoms with Gasteiger partial charge >= 0.3 is 0 Å². The smallest absolute Gasteiger partial charge is 0.238 e. The molecule has 1 aliphatic carbocycles. The summed E-state index contributed by atoms with van der Waals surface area (Å²) in [5, 5.41) is 6.05. The van der Waals surface area contributed by atoms with Crippen molar-refractivity contribution in [2.75, 3.05) is 25.2 Å². The lowest BCUT2D eigenvalue weighted by Crippen LogP contribution is -2.29. The van der Waals surface area contributed by atoms with Crippen LogP contribution in [0.2, 0.25) is 0 Å². The Morgan fingerprint density at radius 2 is 2.09 bits per heavy atom. The fraction of sp³-hybridized carbons (Fsp3) is 0.471. The molecule has 1 heterocycles. The number of carbonyl (C=O) groups is 1. The van der Waals surface area contributed by atoms with Gasteiger partial charge in [-0.3, -0.25) is 4.79 Å². The van der Waals surface area contributed by atoms with Crippen LogP contribution in [0.4, 0.5) is 5.69 Å². The number of rotatable bonds is 6. The Bertz CT molecular complexity index is 569. The van der Waals surface area contributed by atoms with Crippen LogP contribution in [-0.4, -0.2) is 25.8 Å². The minimum absolute atomic E-state index is 0.0449. The molecule has 0 atom stereocenters. The first-order valence-corrected chi connectivity index (χ1v) is 7.89. The first-order chi connectivity index (χ1) is 10.8. The zero-order valence-electron chi connectivity index (χ0n) is 12.7. The van der Waals surface area contributed by atoms with Gasteiger partial charge in [0, 0.05) is 11.8 Å². The molecule has 0 bridgehead atoms. The van der Waals surface area contributed by atoms with E-state index in [9.17, 15) is 4.79 Å². The van der Waals surface area contributed by atoms with Crippen LogP contribution in [0.15, 0.2) is 29.8 Å². The number of hydrogen-bond acceptors (Lipinski definition) is 4. The second kappa shape index (κ2) is 7.31. The molecule has 0 radical (unpaired) electrons. The number of benzene rings is 1. The van der Waals surface area contributed by atoms with E-state index in [4.69, 9.17) is 9.47 Å². The molecule has 0 aromatic heterocycles. The molecule has 22 heavy (non-hydrogen) atoms. The largest absolute Gasteiger partial charge is 0.454 e. The topological polar surface area (TPSA) is 59.6 Å². The zero-order chi connectivity index (χ0) is 15.2. The lowest BCUT2D eigenvalue weighted by molar-refractivity contribution is -0.115. The Morgan fingerprint density at radius 3 is 2.95 bits per heavy atom. The Balaban J connectivity index is 1.38. The van der Waals surface area contributed by atoms with Crippen LogP contribution in [0, 0.1) is 0 Å². The molecule has 0 fully saturated rings. The molecule has 118 valence electrons. The Labute approximate surface area is 130 Å². The summed E-state index contributed by atoms with van der Waals surface area (Å²) in [4.78, 5) is 11.9. The van der Waals surface area contributed by atoms with Crippen LogP contribution in [-0.2, 0) is 4.79 Å². The zero-order valence-corrected chi connectivity index (χ0v) is 12.7. The van der Waals surface area contributed by atoms with Crippen molar-refractivity contribution < 1.29 is 14.3 Å². The lowest BCUT2D eigenvalue weighted by atomic mass is 9.97. The summed E-state index contributed by atoms with van der Waals surface area (Å²) in [6, 6.07) is 5.41. The second-order valence-corrected chi connectivity index (χ2v) is 5.65. The highest BCUT2D eigenvalue weighted by Crippen LogP contribution is 2.34. The normalized spacial score (nSPS) is 16.3. The van der Waals surface area contributed by atoms with Crippen molar-refractivity contribution in [1.29, 1.82) is 0 Å². The number of allylic oxidation sites excluding steroid dienone is 1. The SMILES string of the molecule is O=C(CNCCC1=CCCCC1)Nc1ccc2c(c1)OCO2. The number of hydrogen-bond donors (Lipinski definition) is 2. The number of nitrogens with one attached hydrogen (secondary N) is 2. The van der Waals surface area contributed by atoms with E-state index in [1.165, 1.54) is 31.3 Å². The van der Waals surface area contributed by atoms with Gasteiger partial charge in [-0.1, -0.05) is 11.6 Å². The van der Waals surface area contributed by atoms with Gasteiger partial charge in [0.15, 0.2) is 11.5 Å². The van der Waals surface area contributed by atoms with Crippen LogP contribution < -0.4 is 20.1 Å². The van der Waals surface area contributed by atoms with Gasteiger partial charge in [0.2, 0.25) is 12.7 Å². The van der Waals surface area contributed by atoms with Gasteiger partial charge in [-0.05, 0) is 50.8 Å². The van der Waals surface area contributed by atoms with Crippen molar-refractivity contribution in [2.45, 2.75) is 32.1 Å². The Hall–Kier alpha value is -2.01. The summed E-state index contributed by atoms with van der Waals surface area (Å²) in [5.41, 5.74) is 2.25. The fourth-order valence-electron chi connectivity index (χ4n) is 2.76. The molecule has 5 nitrogen and oxygen atoms in total. The average Bonchev–Trinajstić information content (AvgIpc) is 3.00. The first-order valence-electron chi connectivity index (χ1n) is 7.89. The molecule has 0 saturated carbocycles. The third-order valence-electron chi connectivity index (χ3n) is 3.95. The summed E-state index contributed by atoms with van der Waals surface area (Å²) in [6.07, 6.45) is 8.42. The van der Waals surface area contributed by atoms with Gasteiger partial charge in [0.1, 0.15) is 0 Å². The molecular formula is C17H22N2O3. The Kier molecular flexibility index (Phi) is 4.96. The average molecular weight is 302 g/mol. The predicted octanol–water partition coefficient (Wildman–Crippen LogP) is 2.83. The number of fused-ring (bicyclic) bond motifs is 1. The van der Waals surface area contributed by atoms with Crippen molar-refractivity contribution >= 4 is 11.6 Å². The molecular weight excluding hydrogens is 280 g/mol. The molecule has 1 aliphatic heterocycles. The molecule has 0 spiro atoms. The van der Waals surface area contributed by atoms with Crippen molar-refractivity contribution in [3.8, 4) is 11.5 Å². The molecule has 0 saturated heterocycles. The maximum Gasteiger partial charge on any atom is 0.238 e. The minimum atomic E-state index is -0.0449. The van der Waals surface area contributed by atoms with Crippen LogP contribution in [0.5, 0.6) is 11.5 Å². The monoisotopic (exact) mass is 302 g/mol. The third-order valence-corrected chi connectivity index (χ3v) is 3.95. The van der Waals surface area contributed by atoms with Crippen molar-refractivity contribution in [1.82, 2.24) is 5.32 Å². The number of carbonyl (C=O) groups excluding carboxylic acids is 1. The van der Waals surface area contributed by atoms with E-state index < -0.39 is 0 Å². The van der Waals surface area contributed by atoms with E-state index in [0.29, 0.717) is 12.3 Å². The quantitative estimate of drug-likeness (QED) is 0.626. The summed E-state index contributed by atoms with van der Waals surface area (Å²) >= 11 is 0. The summed E-state index contributed by atoms with van der Waals surface area (Å²) < 4.78 is 10.5. The number of amides is 1. The number of anilines is 1. The predicted molar refractivity (Wildman–Crippen MR) is 85.2 cm³/mol. The van der Waals surface area contributed by atoms with Crippen molar-refractivity contribution in [3.63, 3.8) is 0 Å². The van der Waals surface area contributed by atoms with Gasteiger partial charge < -0.3 is 20.1 Å². The molecule has 5 heteroatoms. The van der Waals surface area contributed by atoms with Gasteiger partial charge in [-0.15, -0.1) is 0 Å². The highest BCUT2D eigenvalue weighted by Gasteiger charge is 2.14. The summed E-state index contributed by atoms with van der Waals surface area (Å²) in [7, 11) is 0. The highest BCUT2D eigenvalue weighted by molar-refractivity contribution is 5.92. The Morgan fingerprint density at radius 1 is 1.18 bits per heavy atom. The van der Waals surface area contributed by atoms with E-state index in [-0.39, 0.29) is 12.7 Å². The van der Waals surface area contributed by atoms with Gasteiger partial charge in [-0.25, -0.2) is 0 Å². The summed E-state index contributed by atoms with van der Waals surface area (Å²) in [5.74, 6) is 1.35. The van der Waals surface area contributed by atoms with Crippen LogP contribution in [0.1, 0.15) is 32.1 Å². The molecule has 0 unspecified atom stereocenters. The van der Waals surface area contributed by atoms with Gasteiger partial charge in [0.05, 0.1) is 6.54 Å². The van der Waals surface area contributed by atoms with E-state index in [1.54, 1.807) is 12.1 Å². The van der Waals surface area contributed by atoms with Gasteiger partial charge in [0.25, 0.3) is 0 Å². The lowest BCUT2D eigenvalue weighted by Gasteiger charge is -2.13. The summed E-state index contributed by atoms with van der Waals surface area (Å²) in [6.45, 7) is 1.41. The molecule has 1 aromatic rings. The standard InChI is InChI=1S/C17H22N2O3/c20-17(11-18-9-8-13-4-2-1-3-5-13)19-14-6-7-15-16(10-14)22-12-21-15/h4,6-7,10,18H,1-3,5,8-9,11-12H2,(H,19,20). The minimum Gasteiger partial charge on any atom is -0.454 e. The van der Waals surface area contributed by atoms with Crippen molar-refractivity contribution in [3.05, 3.63) is 29.8 Å². The van der Waals surface area contributed by atoms with E-state index >= 15 is 0 Å². The highest BCUT2D eigenvalue weighted by atomic mass is 16.7. The van der Waals surface area contributed by atoms with Crippen LogP contribution >= 0.6 is 0 Å². The molecule has 1 aromatic carbocycles. The molecule has 1 amide bonds. The van der Waals surface area contributed by atoms with Crippen LogP contribution in [0.25, 0.3) is 0 Å². The van der Waals surface area contributed by atoms with Crippen molar-refractivity contribution in [2.24, 2.45) is 0 Å². The maximum absolute atomic E-state index is 11.9. The molecule has 2 N–H and O–H groups in total. The van der Waals surface area contributed by atoms with Crippen LogP contribution in [0.3, 0.4) is 0 Å². The second-order valence-electron chi connectivity index (χ2n) is 5.65. The molecule has 2 aliphatic rings. The van der Waals surface area contributed by atoms with Gasteiger partial charge in [-0.2, -0.15) is 0 Å². The third kappa shape index (κ3) is 4.01. The first kappa shape index (κ1) is 14.9. The number of ether oxygens (including phenoxy) is 2. The molecule has 3 rings (SSSR count). The van der Waals surface area contributed by atoms with E-state index in [2.05, 4.69) is 16.7 Å². The van der Waals surface area contributed by atoms with E-state index in [0.717, 1.165) is 24.4 Å². The van der Waals surface area contributed by atoms with E-state index in [1.807, 2.05) is 6.07 Å².